The normalized spacial score (nSPS) is 38.1. The standard InChI is InChI=1S/C10H11BrO4S/c1-14-10-7(11)4-5(15-9(10)13)3-6(12)8(10)16-2/h4-5,8H,3H2,1-2H3/t5-,8+,10+/m1/s1. The third-order valence-electron chi connectivity index (χ3n) is 2.87. The van der Waals surface area contributed by atoms with E-state index in [1.807, 2.05) is 0 Å². The molecule has 3 atom stereocenters. The molecule has 16 heavy (non-hydrogen) atoms. The zero-order valence-corrected chi connectivity index (χ0v) is 11.3. The van der Waals surface area contributed by atoms with E-state index in [9.17, 15) is 9.59 Å². The molecular formula is C10H11BrO4S. The van der Waals surface area contributed by atoms with Gasteiger partial charge in [0.15, 0.2) is 5.78 Å². The fraction of sp³-hybridized carbons (Fsp3) is 0.600. The Morgan fingerprint density at radius 1 is 1.62 bits per heavy atom. The lowest BCUT2D eigenvalue weighted by atomic mass is 9.96. The molecule has 3 aliphatic rings. The minimum absolute atomic E-state index is 0.0177. The van der Waals surface area contributed by atoms with E-state index in [4.69, 9.17) is 9.47 Å². The Hall–Kier alpha value is -0.330. The first-order valence-corrected chi connectivity index (χ1v) is 6.84. The summed E-state index contributed by atoms with van der Waals surface area (Å²) in [6.07, 6.45) is 3.28. The van der Waals surface area contributed by atoms with Crippen LogP contribution in [0, 0.1) is 0 Å². The second-order valence-corrected chi connectivity index (χ2v) is 5.48. The van der Waals surface area contributed by atoms with Crippen molar-refractivity contribution in [2.24, 2.45) is 0 Å². The molecule has 0 aromatic heterocycles. The number of esters is 1. The highest BCUT2D eigenvalue weighted by molar-refractivity contribution is 9.11. The summed E-state index contributed by atoms with van der Waals surface area (Å²) in [6, 6.07) is 0. The number of fused-ring (bicyclic) bond motifs is 3. The average Bonchev–Trinajstić information content (AvgIpc) is 2.38. The molecule has 0 radical (unpaired) electrons. The van der Waals surface area contributed by atoms with E-state index in [1.165, 1.54) is 18.9 Å². The highest BCUT2D eigenvalue weighted by atomic mass is 79.9. The Kier molecular flexibility index (Phi) is 3.16. The fourth-order valence-corrected chi connectivity index (χ4v) is 4.10. The van der Waals surface area contributed by atoms with Crippen LogP contribution in [0.5, 0.6) is 0 Å². The number of carbonyl (C=O) groups excluding carboxylic acids is 2. The summed E-state index contributed by atoms with van der Waals surface area (Å²) in [5, 5.41) is -0.553. The summed E-state index contributed by atoms with van der Waals surface area (Å²) in [5.41, 5.74) is -1.30. The lowest BCUT2D eigenvalue weighted by Crippen LogP contribution is -2.53. The van der Waals surface area contributed by atoms with Gasteiger partial charge in [-0.1, -0.05) is 15.9 Å². The van der Waals surface area contributed by atoms with Crippen molar-refractivity contribution in [3.05, 3.63) is 10.6 Å². The predicted molar refractivity (Wildman–Crippen MR) is 63.6 cm³/mol. The van der Waals surface area contributed by atoms with E-state index in [0.717, 1.165) is 0 Å². The molecule has 88 valence electrons. The predicted octanol–water partition coefficient (Wildman–Crippen LogP) is 1.28. The topological polar surface area (TPSA) is 52.6 Å². The second kappa shape index (κ2) is 4.16. The van der Waals surface area contributed by atoms with E-state index in [0.29, 0.717) is 4.48 Å². The van der Waals surface area contributed by atoms with Gasteiger partial charge in [0.25, 0.3) is 0 Å². The molecule has 0 saturated carbocycles. The van der Waals surface area contributed by atoms with Crippen LogP contribution in [0.3, 0.4) is 0 Å². The van der Waals surface area contributed by atoms with Gasteiger partial charge in [-0.3, -0.25) is 4.79 Å². The zero-order chi connectivity index (χ0) is 11.9. The van der Waals surface area contributed by atoms with Crippen LogP contribution in [0.4, 0.5) is 0 Å². The number of carbonyl (C=O) groups is 2. The number of thioether (sulfide) groups is 1. The Balaban J connectivity index is 2.59. The molecule has 2 heterocycles. The van der Waals surface area contributed by atoms with Crippen molar-refractivity contribution < 1.29 is 19.1 Å². The van der Waals surface area contributed by atoms with Crippen molar-refractivity contribution in [3.63, 3.8) is 0 Å². The van der Waals surface area contributed by atoms with Crippen LogP contribution in [-0.4, -0.2) is 42.1 Å². The Bertz CT molecular complexity index is 379. The largest absolute Gasteiger partial charge is 0.455 e. The summed E-state index contributed by atoms with van der Waals surface area (Å²) in [4.78, 5) is 23.9. The molecular weight excluding hydrogens is 296 g/mol. The molecule has 3 rings (SSSR count). The highest BCUT2D eigenvalue weighted by Gasteiger charge is 2.58. The van der Waals surface area contributed by atoms with Gasteiger partial charge in [-0.05, 0) is 12.3 Å². The van der Waals surface area contributed by atoms with Crippen LogP contribution in [0.15, 0.2) is 10.6 Å². The van der Waals surface area contributed by atoms with E-state index in [2.05, 4.69) is 15.9 Å². The Morgan fingerprint density at radius 2 is 2.31 bits per heavy atom. The smallest absolute Gasteiger partial charge is 0.345 e. The number of ketones is 1. The van der Waals surface area contributed by atoms with Gasteiger partial charge in [-0.2, -0.15) is 0 Å². The Labute approximate surface area is 106 Å². The van der Waals surface area contributed by atoms with Crippen molar-refractivity contribution in [1.29, 1.82) is 0 Å². The third-order valence-corrected chi connectivity index (χ3v) is 4.79. The average molecular weight is 307 g/mol. The number of hydrogen-bond donors (Lipinski definition) is 0. The molecule has 0 aromatic rings. The first-order chi connectivity index (χ1) is 7.56. The molecule has 0 unspecified atom stereocenters. The molecule has 0 amide bonds. The highest BCUT2D eigenvalue weighted by Crippen LogP contribution is 2.44. The van der Waals surface area contributed by atoms with Gasteiger partial charge in [-0.25, -0.2) is 4.79 Å². The van der Waals surface area contributed by atoms with Gasteiger partial charge < -0.3 is 9.47 Å². The van der Waals surface area contributed by atoms with E-state index < -0.39 is 22.9 Å². The molecule has 4 nitrogen and oxygen atoms in total. The number of methoxy groups -OCH3 is 1. The maximum atomic E-state index is 12.0. The van der Waals surface area contributed by atoms with E-state index >= 15 is 0 Å². The molecule has 6 heteroatoms. The van der Waals surface area contributed by atoms with Crippen molar-refractivity contribution >= 4 is 39.4 Å². The molecule has 1 aliphatic carbocycles. The lowest BCUT2D eigenvalue weighted by molar-refractivity contribution is -0.167. The van der Waals surface area contributed by atoms with Gasteiger partial charge in [0.05, 0.1) is 0 Å². The monoisotopic (exact) mass is 306 g/mol. The van der Waals surface area contributed by atoms with Gasteiger partial charge in [0, 0.05) is 18.0 Å². The molecule has 0 N–H and O–H groups in total. The summed E-state index contributed by atoms with van der Waals surface area (Å²) in [5.74, 6) is -0.504. The summed E-state index contributed by atoms with van der Waals surface area (Å²) in [6.45, 7) is 0. The van der Waals surface area contributed by atoms with Crippen molar-refractivity contribution in [1.82, 2.24) is 0 Å². The first-order valence-electron chi connectivity index (χ1n) is 4.75. The third kappa shape index (κ3) is 1.47. The van der Waals surface area contributed by atoms with Gasteiger partial charge in [0.2, 0.25) is 5.60 Å². The summed E-state index contributed by atoms with van der Waals surface area (Å²) in [7, 11) is 1.42. The molecule has 0 aromatic carbocycles. The van der Waals surface area contributed by atoms with Crippen LogP contribution in [-0.2, 0) is 19.1 Å². The van der Waals surface area contributed by atoms with Crippen LogP contribution < -0.4 is 0 Å². The Morgan fingerprint density at radius 3 is 2.81 bits per heavy atom. The van der Waals surface area contributed by atoms with Crippen LogP contribution in [0.25, 0.3) is 0 Å². The minimum Gasteiger partial charge on any atom is -0.455 e. The number of halogens is 1. The first kappa shape index (κ1) is 12.1. The van der Waals surface area contributed by atoms with Crippen LogP contribution in [0.2, 0.25) is 0 Å². The van der Waals surface area contributed by atoms with E-state index in [1.54, 1.807) is 12.3 Å². The van der Waals surface area contributed by atoms with Crippen LogP contribution in [0.1, 0.15) is 6.42 Å². The van der Waals surface area contributed by atoms with Crippen LogP contribution >= 0.6 is 27.7 Å². The number of Topliss-reactive ketones (excluding diaryl/α,β-unsaturated/α-hetero) is 1. The molecule has 2 bridgehead atoms. The summed E-state index contributed by atoms with van der Waals surface area (Å²) >= 11 is 4.64. The number of rotatable bonds is 2. The minimum atomic E-state index is -1.30. The molecule has 1 fully saturated rings. The summed E-state index contributed by atoms with van der Waals surface area (Å²) < 4.78 is 11.1. The van der Waals surface area contributed by atoms with Crippen molar-refractivity contribution in [2.75, 3.05) is 13.4 Å². The maximum Gasteiger partial charge on any atom is 0.345 e. The second-order valence-electron chi connectivity index (χ2n) is 3.68. The zero-order valence-electron chi connectivity index (χ0n) is 8.86. The quantitative estimate of drug-likeness (QED) is 0.719. The molecule has 0 spiro atoms. The fourth-order valence-electron chi connectivity index (χ4n) is 2.09. The lowest BCUT2D eigenvalue weighted by Gasteiger charge is -2.35. The van der Waals surface area contributed by atoms with Gasteiger partial charge >= 0.3 is 5.97 Å². The molecule has 2 aliphatic heterocycles. The van der Waals surface area contributed by atoms with Gasteiger partial charge in [-0.15, -0.1) is 11.8 Å². The number of hydrogen-bond acceptors (Lipinski definition) is 5. The van der Waals surface area contributed by atoms with E-state index in [-0.39, 0.29) is 12.2 Å². The molecule has 1 saturated heterocycles. The van der Waals surface area contributed by atoms with Gasteiger partial charge in [0.1, 0.15) is 11.4 Å². The maximum absolute atomic E-state index is 12.0. The van der Waals surface area contributed by atoms with Crippen molar-refractivity contribution in [3.8, 4) is 0 Å². The van der Waals surface area contributed by atoms with Crippen molar-refractivity contribution in [2.45, 2.75) is 23.4 Å². The SMILES string of the molecule is CO[C@@]12C(=O)O[C@@H](C=C1Br)CC(=O)[C@@H]2SC. The number of ether oxygens (including phenoxy) is 2.